The molecule has 0 bridgehead atoms. The Labute approximate surface area is 110 Å². The van der Waals surface area contributed by atoms with Gasteiger partial charge < -0.3 is 10.0 Å². The number of likely N-dealkylation sites (tertiary alicyclic amines) is 1. The van der Waals surface area contributed by atoms with Crippen LogP contribution in [0.15, 0.2) is 12.1 Å². The molecule has 3 nitrogen and oxygen atoms in total. The van der Waals surface area contributed by atoms with Crippen molar-refractivity contribution in [2.24, 2.45) is 5.92 Å². The zero-order valence-electron chi connectivity index (χ0n) is 9.56. The molecule has 1 N–H and O–H groups in total. The normalized spacial score (nSPS) is 20.6. The minimum Gasteiger partial charge on any atom is -0.396 e. The van der Waals surface area contributed by atoms with Crippen LogP contribution in [0.2, 0.25) is 4.34 Å². The minimum atomic E-state index is 0.0736. The van der Waals surface area contributed by atoms with Crippen molar-refractivity contribution in [1.29, 1.82) is 0 Å². The first-order valence-corrected chi connectivity index (χ1v) is 7.05. The fraction of sp³-hybridized carbons (Fsp3) is 0.583. The molecule has 1 aromatic rings. The molecule has 1 aromatic heterocycles. The van der Waals surface area contributed by atoms with Crippen molar-refractivity contribution < 1.29 is 9.90 Å². The Morgan fingerprint density at radius 3 is 3.06 bits per heavy atom. The van der Waals surface area contributed by atoms with Gasteiger partial charge in [-0.1, -0.05) is 11.6 Å². The van der Waals surface area contributed by atoms with Gasteiger partial charge in [-0.05, 0) is 37.3 Å². The summed E-state index contributed by atoms with van der Waals surface area (Å²) in [6.07, 6.45) is 2.92. The van der Waals surface area contributed by atoms with Crippen LogP contribution in [0.5, 0.6) is 0 Å². The third-order valence-electron chi connectivity index (χ3n) is 3.13. The molecule has 0 saturated carbocycles. The maximum Gasteiger partial charge on any atom is 0.263 e. The van der Waals surface area contributed by atoms with Crippen LogP contribution < -0.4 is 0 Å². The van der Waals surface area contributed by atoms with Crippen molar-refractivity contribution in [1.82, 2.24) is 4.90 Å². The Hall–Kier alpha value is -0.580. The molecule has 1 fully saturated rings. The average Bonchev–Trinajstić information content (AvgIpc) is 2.76. The molecule has 0 radical (unpaired) electrons. The maximum atomic E-state index is 12.2. The molecule has 0 spiro atoms. The number of amides is 1. The van der Waals surface area contributed by atoms with E-state index in [1.807, 2.05) is 4.90 Å². The summed E-state index contributed by atoms with van der Waals surface area (Å²) < 4.78 is 0.650. The van der Waals surface area contributed by atoms with Crippen LogP contribution in [0.1, 0.15) is 28.9 Å². The second-order valence-corrected chi connectivity index (χ2v) is 6.09. The van der Waals surface area contributed by atoms with Crippen molar-refractivity contribution in [3.05, 3.63) is 21.3 Å². The third-order valence-corrected chi connectivity index (χ3v) is 4.35. The van der Waals surface area contributed by atoms with Crippen molar-refractivity contribution in [3.8, 4) is 0 Å². The minimum absolute atomic E-state index is 0.0736. The lowest BCUT2D eigenvalue weighted by Gasteiger charge is -2.32. The van der Waals surface area contributed by atoms with Crippen molar-refractivity contribution in [2.75, 3.05) is 19.7 Å². The summed E-state index contributed by atoms with van der Waals surface area (Å²) in [4.78, 5) is 14.8. The lowest BCUT2D eigenvalue weighted by molar-refractivity contribution is 0.0658. The number of rotatable bonds is 3. The third kappa shape index (κ3) is 3.21. The molecule has 1 saturated heterocycles. The number of piperidine rings is 1. The van der Waals surface area contributed by atoms with Crippen LogP contribution in [0.3, 0.4) is 0 Å². The molecule has 2 heterocycles. The monoisotopic (exact) mass is 273 g/mol. The Bertz CT molecular complexity index is 392. The van der Waals surface area contributed by atoms with E-state index < -0.39 is 0 Å². The first kappa shape index (κ1) is 12.9. The van der Waals surface area contributed by atoms with Gasteiger partial charge in [0.2, 0.25) is 0 Å². The topological polar surface area (TPSA) is 40.5 Å². The molecule has 1 aliphatic heterocycles. The van der Waals surface area contributed by atoms with E-state index in [9.17, 15) is 4.79 Å². The van der Waals surface area contributed by atoms with Gasteiger partial charge in [-0.2, -0.15) is 0 Å². The first-order chi connectivity index (χ1) is 8.20. The van der Waals surface area contributed by atoms with Gasteiger partial charge in [0, 0.05) is 19.7 Å². The lowest BCUT2D eigenvalue weighted by atomic mass is 9.95. The van der Waals surface area contributed by atoms with Crippen LogP contribution in [-0.2, 0) is 0 Å². The van der Waals surface area contributed by atoms with Crippen LogP contribution >= 0.6 is 22.9 Å². The molecule has 1 unspecified atom stereocenters. The van der Waals surface area contributed by atoms with Gasteiger partial charge in [0.05, 0.1) is 9.21 Å². The smallest absolute Gasteiger partial charge is 0.263 e. The predicted molar refractivity (Wildman–Crippen MR) is 69.7 cm³/mol. The Morgan fingerprint density at radius 1 is 1.59 bits per heavy atom. The SMILES string of the molecule is O=C(c1ccc(Cl)s1)N1CCCC(CCO)C1. The number of nitrogens with zero attached hydrogens (tertiary/aromatic N) is 1. The van der Waals surface area contributed by atoms with E-state index in [1.54, 1.807) is 12.1 Å². The van der Waals surface area contributed by atoms with Crippen molar-refractivity contribution in [3.63, 3.8) is 0 Å². The van der Waals surface area contributed by atoms with Crippen LogP contribution in [-0.4, -0.2) is 35.6 Å². The summed E-state index contributed by atoms with van der Waals surface area (Å²) in [5.41, 5.74) is 0. The van der Waals surface area contributed by atoms with E-state index in [1.165, 1.54) is 11.3 Å². The van der Waals surface area contributed by atoms with Gasteiger partial charge in [-0.25, -0.2) is 0 Å². The summed E-state index contributed by atoms with van der Waals surface area (Å²) in [6.45, 7) is 1.78. The van der Waals surface area contributed by atoms with E-state index in [-0.39, 0.29) is 12.5 Å². The highest BCUT2D eigenvalue weighted by atomic mass is 35.5. The van der Waals surface area contributed by atoms with Crippen molar-refractivity contribution >= 4 is 28.8 Å². The molecule has 0 aliphatic carbocycles. The van der Waals surface area contributed by atoms with E-state index in [4.69, 9.17) is 16.7 Å². The highest BCUT2D eigenvalue weighted by molar-refractivity contribution is 7.17. The summed E-state index contributed by atoms with van der Waals surface area (Å²) in [6, 6.07) is 3.54. The second-order valence-electron chi connectivity index (χ2n) is 4.38. The van der Waals surface area contributed by atoms with Crippen LogP contribution in [0.25, 0.3) is 0 Å². The molecule has 1 aliphatic rings. The average molecular weight is 274 g/mol. The summed E-state index contributed by atoms with van der Waals surface area (Å²) in [7, 11) is 0. The highest BCUT2D eigenvalue weighted by Gasteiger charge is 2.24. The lowest BCUT2D eigenvalue weighted by Crippen LogP contribution is -2.39. The Morgan fingerprint density at radius 2 is 2.41 bits per heavy atom. The number of hydrogen-bond acceptors (Lipinski definition) is 3. The summed E-state index contributed by atoms with van der Waals surface area (Å²) in [5, 5.41) is 8.94. The van der Waals surface area contributed by atoms with Gasteiger partial charge in [0.1, 0.15) is 0 Å². The van der Waals surface area contributed by atoms with E-state index in [0.717, 1.165) is 32.4 Å². The molecule has 2 rings (SSSR count). The van der Waals surface area contributed by atoms with Crippen LogP contribution in [0.4, 0.5) is 0 Å². The summed E-state index contributed by atoms with van der Waals surface area (Å²) >= 11 is 7.17. The number of hydrogen-bond donors (Lipinski definition) is 1. The highest BCUT2D eigenvalue weighted by Crippen LogP contribution is 2.25. The molecule has 1 atom stereocenters. The van der Waals surface area contributed by atoms with Gasteiger partial charge in [0.25, 0.3) is 5.91 Å². The van der Waals surface area contributed by atoms with Gasteiger partial charge in [-0.15, -0.1) is 11.3 Å². The molecular weight excluding hydrogens is 258 g/mol. The quantitative estimate of drug-likeness (QED) is 0.920. The number of halogens is 1. The molecule has 94 valence electrons. The molecular formula is C12H16ClNO2S. The van der Waals surface area contributed by atoms with Crippen LogP contribution in [0, 0.1) is 5.92 Å². The van der Waals surface area contributed by atoms with Gasteiger partial charge in [-0.3, -0.25) is 4.79 Å². The van der Waals surface area contributed by atoms with E-state index in [2.05, 4.69) is 0 Å². The number of carbonyl (C=O) groups excluding carboxylic acids is 1. The fourth-order valence-corrected chi connectivity index (χ4v) is 3.26. The Kier molecular flexibility index (Phi) is 4.42. The van der Waals surface area contributed by atoms with E-state index in [0.29, 0.717) is 15.1 Å². The van der Waals surface area contributed by atoms with Gasteiger partial charge >= 0.3 is 0 Å². The fourth-order valence-electron chi connectivity index (χ4n) is 2.25. The first-order valence-electron chi connectivity index (χ1n) is 5.86. The standard InChI is InChI=1S/C12H16ClNO2S/c13-11-4-3-10(17-11)12(16)14-6-1-2-9(8-14)5-7-15/h3-4,9,15H,1-2,5-8H2. The van der Waals surface area contributed by atoms with E-state index >= 15 is 0 Å². The molecule has 17 heavy (non-hydrogen) atoms. The van der Waals surface area contributed by atoms with Crippen molar-refractivity contribution in [2.45, 2.75) is 19.3 Å². The number of aliphatic hydroxyl groups excluding tert-OH is 1. The largest absolute Gasteiger partial charge is 0.396 e. The summed E-state index contributed by atoms with van der Waals surface area (Å²) in [5.74, 6) is 0.512. The predicted octanol–water partition coefficient (Wildman–Crippen LogP) is 2.64. The molecule has 5 heteroatoms. The zero-order chi connectivity index (χ0) is 12.3. The number of aliphatic hydroxyl groups is 1. The Balaban J connectivity index is 1.99. The molecule has 0 aromatic carbocycles. The number of carbonyl (C=O) groups is 1. The zero-order valence-corrected chi connectivity index (χ0v) is 11.1. The second kappa shape index (κ2) is 5.85. The maximum absolute atomic E-state index is 12.2. The molecule has 1 amide bonds. The number of thiophene rings is 1. The van der Waals surface area contributed by atoms with Gasteiger partial charge in [0.15, 0.2) is 0 Å².